The summed E-state index contributed by atoms with van der Waals surface area (Å²) >= 11 is 41.2. The molecule has 0 saturated carbocycles. The molecule has 1 aromatic carbocycles. The first kappa shape index (κ1) is 16.0. The summed E-state index contributed by atoms with van der Waals surface area (Å²) in [5.74, 6) is 0. The topological polar surface area (TPSA) is 12.9 Å². The maximum absolute atomic E-state index is 6.02. The summed E-state index contributed by atoms with van der Waals surface area (Å²) in [4.78, 5) is 4.17. The van der Waals surface area contributed by atoms with E-state index in [4.69, 9.17) is 81.2 Å². The molecule has 1 nitrogen and oxygen atoms in total. The van der Waals surface area contributed by atoms with E-state index in [-0.39, 0.29) is 10.7 Å². The van der Waals surface area contributed by atoms with Crippen LogP contribution in [0, 0.1) is 0 Å². The zero-order chi connectivity index (χ0) is 14.4. The molecule has 0 saturated heterocycles. The number of benzene rings is 1. The van der Waals surface area contributed by atoms with Crippen molar-refractivity contribution in [3.05, 3.63) is 40.5 Å². The van der Waals surface area contributed by atoms with Crippen LogP contribution in [0.25, 0.3) is 10.9 Å². The Morgan fingerprint density at radius 2 is 1.42 bits per heavy atom. The van der Waals surface area contributed by atoms with Crippen LogP contribution in [0.3, 0.4) is 0 Å². The highest BCUT2D eigenvalue weighted by atomic mass is 35.6. The SMILES string of the molecule is Clc1nc2c(C(Cl)(Cl)Cl)cccc2cc1C(Cl)(Cl)Cl. The molecule has 0 radical (unpaired) electrons. The van der Waals surface area contributed by atoms with Crippen molar-refractivity contribution in [2.45, 2.75) is 7.59 Å². The zero-order valence-electron chi connectivity index (χ0n) is 8.90. The van der Waals surface area contributed by atoms with Gasteiger partial charge in [-0.3, -0.25) is 0 Å². The van der Waals surface area contributed by atoms with Gasteiger partial charge in [-0.1, -0.05) is 99.4 Å². The highest BCUT2D eigenvalue weighted by Crippen LogP contribution is 2.45. The van der Waals surface area contributed by atoms with Crippen LogP contribution in [-0.4, -0.2) is 4.98 Å². The highest BCUT2D eigenvalue weighted by molar-refractivity contribution is 6.68. The molecule has 0 N–H and O–H groups in total. The molecule has 0 aliphatic rings. The quantitative estimate of drug-likeness (QED) is 0.363. The summed E-state index contributed by atoms with van der Waals surface area (Å²) in [5.41, 5.74) is 1.13. The molecular weight excluding hydrogens is 394 g/mol. The molecule has 2 aromatic rings. The van der Waals surface area contributed by atoms with Crippen molar-refractivity contribution >= 4 is 92.1 Å². The summed E-state index contributed by atoms with van der Waals surface area (Å²) in [6.45, 7) is 0. The number of fused-ring (bicyclic) bond motifs is 1. The van der Waals surface area contributed by atoms with Crippen molar-refractivity contribution in [3.63, 3.8) is 0 Å². The molecule has 2 rings (SSSR count). The summed E-state index contributed by atoms with van der Waals surface area (Å²) < 4.78 is -3.29. The lowest BCUT2D eigenvalue weighted by Crippen LogP contribution is -2.06. The molecule has 0 unspecified atom stereocenters. The molecule has 102 valence electrons. The third kappa shape index (κ3) is 3.47. The fraction of sp³-hybridized carbons (Fsp3) is 0.182. The minimum atomic E-state index is -1.67. The van der Waals surface area contributed by atoms with Crippen molar-refractivity contribution in [3.8, 4) is 0 Å². The molecule has 19 heavy (non-hydrogen) atoms. The van der Waals surface area contributed by atoms with Gasteiger partial charge in [0, 0.05) is 16.5 Å². The molecule has 0 spiro atoms. The van der Waals surface area contributed by atoms with Crippen LogP contribution < -0.4 is 0 Å². The average Bonchev–Trinajstić information content (AvgIpc) is 2.24. The van der Waals surface area contributed by atoms with Crippen LogP contribution in [0.2, 0.25) is 5.15 Å². The van der Waals surface area contributed by atoms with E-state index in [9.17, 15) is 0 Å². The Bertz CT molecular complexity index is 627. The molecule has 0 bridgehead atoms. The number of para-hydroxylation sites is 1. The number of hydrogen-bond donors (Lipinski definition) is 0. The average molecular weight is 398 g/mol. The van der Waals surface area contributed by atoms with Crippen molar-refractivity contribution in [2.24, 2.45) is 0 Å². The van der Waals surface area contributed by atoms with Crippen molar-refractivity contribution in [2.75, 3.05) is 0 Å². The van der Waals surface area contributed by atoms with Gasteiger partial charge >= 0.3 is 0 Å². The van der Waals surface area contributed by atoms with E-state index in [0.29, 0.717) is 16.5 Å². The predicted molar refractivity (Wildman–Crippen MR) is 85.2 cm³/mol. The van der Waals surface area contributed by atoms with Crippen LogP contribution in [0.4, 0.5) is 0 Å². The molecule has 0 atom stereocenters. The standard InChI is InChI=1S/C11H4Cl7N/c12-9-7(11(16,17)18)4-5-2-1-3-6(8(5)19-9)10(13,14)15/h1-4H. The van der Waals surface area contributed by atoms with E-state index in [1.165, 1.54) is 0 Å². The second-order valence-corrected chi connectivity index (χ2v) is 8.62. The Hall–Kier alpha value is 0.660. The van der Waals surface area contributed by atoms with E-state index in [1.807, 2.05) is 0 Å². The van der Waals surface area contributed by atoms with Gasteiger partial charge in [0.15, 0.2) is 0 Å². The van der Waals surface area contributed by atoms with Crippen LogP contribution in [0.5, 0.6) is 0 Å². The van der Waals surface area contributed by atoms with E-state index in [1.54, 1.807) is 24.3 Å². The maximum atomic E-state index is 6.02. The van der Waals surface area contributed by atoms with E-state index < -0.39 is 7.59 Å². The van der Waals surface area contributed by atoms with Gasteiger partial charge in [0.2, 0.25) is 7.59 Å². The number of hydrogen-bond acceptors (Lipinski definition) is 1. The third-order valence-electron chi connectivity index (χ3n) is 2.41. The molecule has 0 aliphatic carbocycles. The van der Waals surface area contributed by atoms with E-state index >= 15 is 0 Å². The largest absolute Gasteiger partial charge is 0.235 e. The summed E-state index contributed by atoms with van der Waals surface area (Å²) in [7, 11) is 0. The van der Waals surface area contributed by atoms with Crippen LogP contribution >= 0.6 is 81.2 Å². The van der Waals surface area contributed by atoms with Crippen molar-refractivity contribution in [1.29, 1.82) is 0 Å². The first-order valence-corrected chi connectivity index (χ1v) is 7.49. The Kier molecular flexibility index (Phi) is 4.61. The van der Waals surface area contributed by atoms with Crippen molar-refractivity contribution < 1.29 is 0 Å². The summed E-state index contributed by atoms with van der Waals surface area (Å²) in [6.07, 6.45) is 0. The molecule has 8 heteroatoms. The fourth-order valence-corrected chi connectivity index (χ4v) is 2.92. The van der Waals surface area contributed by atoms with Gasteiger partial charge in [-0.15, -0.1) is 0 Å². The van der Waals surface area contributed by atoms with Crippen LogP contribution in [-0.2, 0) is 7.59 Å². The van der Waals surface area contributed by atoms with Gasteiger partial charge in [0.25, 0.3) is 0 Å². The minimum absolute atomic E-state index is 0.0502. The first-order chi connectivity index (χ1) is 8.60. The van der Waals surface area contributed by atoms with Gasteiger partial charge in [-0.2, -0.15) is 0 Å². The number of halogens is 7. The summed E-state index contributed by atoms with van der Waals surface area (Å²) in [5, 5.41) is 0.712. The lowest BCUT2D eigenvalue weighted by molar-refractivity contribution is 1.18. The number of pyridine rings is 1. The minimum Gasteiger partial charge on any atom is -0.235 e. The molecule has 0 amide bonds. The molecular formula is C11H4Cl7N. The smallest absolute Gasteiger partial charge is 0.219 e. The Morgan fingerprint density at radius 3 is 1.95 bits per heavy atom. The summed E-state index contributed by atoms with van der Waals surface area (Å²) in [6, 6.07) is 6.74. The van der Waals surface area contributed by atoms with Gasteiger partial charge in [-0.05, 0) is 6.07 Å². The highest BCUT2D eigenvalue weighted by Gasteiger charge is 2.30. The zero-order valence-corrected chi connectivity index (χ0v) is 14.2. The van der Waals surface area contributed by atoms with E-state index in [0.717, 1.165) is 0 Å². The Balaban J connectivity index is 2.79. The first-order valence-electron chi connectivity index (χ1n) is 4.84. The van der Waals surface area contributed by atoms with Gasteiger partial charge in [-0.25, -0.2) is 4.98 Å². The monoisotopic (exact) mass is 395 g/mol. The molecule has 1 aromatic heterocycles. The molecule has 0 fully saturated rings. The van der Waals surface area contributed by atoms with Gasteiger partial charge < -0.3 is 0 Å². The molecule has 0 aliphatic heterocycles. The lowest BCUT2D eigenvalue weighted by Gasteiger charge is -2.17. The Morgan fingerprint density at radius 1 is 0.842 bits per heavy atom. The number of alkyl halides is 6. The van der Waals surface area contributed by atoms with Crippen LogP contribution in [0.15, 0.2) is 24.3 Å². The van der Waals surface area contributed by atoms with Gasteiger partial charge in [0.05, 0.1) is 5.52 Å². The van der Waals surface area contributed by atoms with Crippen LogP contribution in [0.1, 0.15) is 11.1 Å². The van der Waals surface area contributed by atoms with E-state index in [2.05, 4.69) is 4.98 Å². The Labute approximate surface area is 144 Å². The lowest BCUT2D eigenvalue weighted by atomic mass is 10.1. The van der Waals surface area contributed by atoms with Gasteiger partial charge in [0.1, 0.15) is 5.15 Å². The normalized spacial score (nSPS) is 13.0. The van der Waals surface area contributed by atoms with Crippen molar-refractivity contribution in [1.82, 2.24) is 4.98 Å². The second kappa shape index (κ2) is 5.46. The number of nitrogens with zero attached hydrogens (tertiary/aromatic N) is 1. The molecule has 1 heterocycles. The number of aromatic nitrogens is 1. The maximum Gasteiger partial charge on any atom is 0.219 e. The second-order valence-electron chi connectivity index (χ2n) is 3.70. The fourth-order valence-electron chi connectivity index (χ4n) is 1.60. The third-order valence-corrected chi connectivity index (χ3v) is 3.92. The number of rotatable bonds is 0. The predicted octanol–water partition coefficient (Wildman–Crippen LogP) is 6.54.